The quantitative estimate of drug-likeness (QED) is 0.117. The Morgan fingerprint density at radius 2 is 1.69 bits per heavy atom. The van der Waals surface area contributed by atoms with Crippen LogP contribution in [0, 0.1) is 6.92 Å². The van der Waals surface area contributed by atoms with Gasteiger partial charge in [-0.25, -0.2) is 4.98 Å². The molecule has 0 fully saturated rings. The van der Waals surface area contributed by atoms with Crippen LogP contribution in [0.5, 0.6) is 11.5 Å². The van der Waals surface area contributed by atoms with Crippen LogP contribution in [-0.2, 0) is 16.1 Å². The van der Waals surface area contributed by atoms with Crippen LogP contribution in [0.3, 0.4) is 0 Å². The SMILES string of the molecule is CCCCOCCOc1ccc(-c2cc(C)c(OC)c(/C=C/C(=O)Nc3ccc(-c4cncn4CCC)cc3)c2)cc1. The van der Waals surface area contributed by atoms with Gasteiger partial charge in [-0.1, -0.05) is 44.5 Å². The van der Waals surface area contributed by atoms with Crippen LogP contribution < -0.4 is 14.8 Å². The van der Waals surface area contributed by atoms with Crippen molar-refractivity contribution in [1.29, 1.82) is 0 Å². The number of hydrogen-bond acceptors (Lipinski definition) is 5. The first-order valence-electron chi connectivity index (χ1n) is 14.6. The highest BCUT2D eigenvalue weighted by atomic mass is 16.5. The van der Waals surface area contributed by atoms with Gasteiger partial charge in [0.05, 0.1) is 31.9 Å². The minimum Gasteiger partial charge on any atom is -0.496 e. The first-order valence-corrected chi connectivity index (χ1v) is 14.6. The Kier molecular flexibility index (Phi) is 11.4. The second kappa shape index (κ2) is 15.6. The maximum atomic E-state index is 12.8. The van der Waals surface area contributed by atoms with Gasteiger partial charge in [-0.05, 0) is 84.5 Å². The lowest BCUT2D eigenvalue weighted by atomic mass is 9.98. The van der Waals surface area contributed by atoms with Crippen LogP contribution in [0.25, 0.3) is 28.5 Å². The molecule has 1 aromatic heterocycles. The number of carbonyl (C=O) groups excluding carboxylic acids is 1. The predicted octanol–water partition coefficient (Wildman–Crippen LogP) is 7.79. The highest BCUT2D eigenvalue weighted by molar-refractivity contribution is 6.02. The fraction of sp³-hybridized carbons (Fsp3) is 0.314. The second-order valence-corrected chi connectivity index (χ2v) is 10.1. The number of nitrogens with zero attached hydrogens (tertiary/aromatic N) is 2. The number of aromatic nitrogens is 2. The van der Waals surface area contributed by atoms with E-state index in [4.69, 9.17) is 14.2 Å². The van der Waals surface area contributed by atoms with Gasteiger partial charge in [0, 0.05) is 30.5 Å². The molecule has 0 atom stereocenters. The summed E-state index contributed by atoms with van der Waals surface area (Å²) in [6, 6.07) is 19.9. The fourth-order valence-corrected chi connectivity index (χ4v) is 4.73. The van der Waals surface area contributed by atoms with Crippen molar-refractivity contribution in [2.45, 2.75) is 46.6 Å². The average molecular weight is 568 g/mol. The maximum Gasteiger partial charge on any atom is 0.248 e. The number of rotatable bonds is 15. The van der Waals surface area contributed by atoms with E-state index < -0.39 is 0 Å². The Labute approximate surface area is 249 Å². The number of amides is 1. The van der Waals surface area contributed by atoms with E-state index in [0.29, 0.717) is 13.2 Å². The van der Waals surface area contributed by atoms with Gasteiger partial charge in [-0.2, -0.15) is 0 Å². The van der Waals surface area contributed by atoms with Gasteiger partial charge in [0.15, 0.2) is 0 Å². The largest absolute Gasteiger partial charge is 0.496 e. The first kappa shape index (κ1) is 30.6. The number of ether oxygens (including phenoxy) is 3. The van der Waals surface area contributed by atoms with Crippen LogP contribution in [-0.4, -0.2) is 42.4 Å². The van der Waals surface area contributed by atoms with E-state index in [1.807, 2.05) is 74.0 Å². The lowest BCUT2D eigenvalue weighted by Crippen LogP contribution is -2.07. The Balaban J connectivity index is 1.40. The molecular weight excluding hydrogens is 526 g/mol. The third-order valence-corrected chi connectivity index (χ3v) is 6.87. The van der Waals surface area contributed by atoms with E-state index in [0.717, 1.165) is 83.1 Å². The monoisotopic (exact) mass is 567 g/mol. The summed E-state index contributed by atoms with van der Waals surface area (Å²) < 4.78 is 19.2. The van der Waals surface area contributed by atoms with Crippen molar-refractivity contribution in [2.75, 3.05) is 32.2 Å². The summed E-state index contributed by atoms with van der Waals surface area (Å²) in [7, 11) is 1.64. The van der Waals surface area contributed by atoms with E-state index in [2.05, 4.69) is 34.8 Å². The van der Waals surface area contributed by atoms with Crippen molar-refractivity contribution in [3.05, 3.63) is 90.4 Å². The minimum absolute atomic E-state index is 0.218. The molecule has 0 unspecified atom stereocenters. The second-order valence-electron chi connectivity index (χ2n) is 10.1. The molecule has 0 aliphatic rings. The smallest absolute Gasteiger partial charge is 0.248 e. The third-order valence-electron chi connectivity index (χ3n) is 6.87. The lowest BCUT2D eigenvalue weighted by Gasteiger charge is -2.13. The number of benzene rings is 3. The van der Waals surface area contributed by atoms with Crippen LogP contribution in [0.15, 0.2) is 79.3 Å². The van der Waals surface area contributed by atoms with Gasteiger partial charge >= 0.3 is 0 Å². The van der Waals surface area contributed by atoms with E-state index in [1.54, 1.807) is 13.2 Å². The number of hydrogen-bond donors (Lipinski definition) is 1. The van der Waals surface area contributed by atoms with Gasteiger partial charge in [0.1, 0.15) is 18.1 Å². The fourth-order valence-electron chi connectivity index (χ4n) is 4.73. The lowest BCUT2D eigenvalue weighted by molar-refractivity contribution is -0.111. The van der Waals surface area contributed by atoms with Crippen molar-refractivity contribution in [1.82, 2.24) is 9.55 Å². The molecule has 42 heavy (non-hydrogen) atoms. The number of aryl methyl sites for hydroxylation is 2. The molecule has 220 valence electrons. The van der Waals surface area contributed by atoms with E-state index in [9.17, 15) is 4.79 Å². The molecular formula is C35H41N3O4. The zero-order valence-corrected chi connectivity index (χ0v) is 25.1. The summed E-state index contributed by atoms with van der Waals surface area (Å²) in [5.41, 5.74) is 6.73. The number of anilines is 1. The minimum atomic E-state index is -0.218. The average Bonchev–Trinajstić information content (AvgIpc) is 3.47. The van der Waals surface area contributed by atoms with Crippen LogP contribution in [0.2, 0.25) is 0 Å². The van der Waals surface area contributed by atoms with Crippen molar-refractivity contribution >= 4 is 17.7 Å². The number of nitrogens with one attached hydrogen (secondary N) is 1. The summed E-state index contributed by atoms with van der Waals surface area (Å²) in [5, 5.41) is 2.95. The maximum absolute atomic E-state index is 12.8. The van der Waals surface area contributed by atoms with Gasteiger partial charge < -0.3 is 24.1 Å². The van der Waals surface area contributed by atoms with Crippen LogP contribution >= 0.6 is 0 Å². The van der Waals surface area contributed by atoms with Crippen molar-refractivity contribution in [3.8, 4) is 33.9 Å². The number of carbonyl (C=O) groups is 1. The van der Waals surface area contributed by atoms with Gasteiger partial charge in [-0.3, -0.25) is 4.79 Å². The standard InChI is InChI=1S/C35H41N3O4/c1-5-7-19-41-20-21-42-32-15-10-27(11-16-32)30-22-26(3)35(40-4)29(23-30)12-17-34(39)37-31-13-8-28(9-14-31)33-24-36-25-38(33)18-6-2/h8-17,22-25H,5-7,18-21H2,1-4H3,(H,37,39)/b17-12+. The number of unbranched alkanes of at least 4 members (excludes halogenated alkanes) is 1. The summed E-state index contributed by atoms with van der Waals surface area (Å²) in [4.78, 5) is 17.1. The summed E-state index contributed by atoms with van der Waals surface area (Å²) in [6.45, 7) is 9.09. The molecule has 0 spiro atoms. The Morgan fingerprint density at radius 1 is 0.929 bits per heavy atom. The van der Waals surface area contributed by atoms with Gasteiger partial charge in [0.25, 0.3) is 0 Å². The number of imidazole rings is 1. The molecule has 0 saturated heterocycles. The van der Waals surface area contributed by atoms with Gasteiger partial charge in [0.2, 0.25) is 5.91 Å². The highest BCUT2D eigenvalue weighted by Crippen LogP contribution is 2.32. The Bertz CT molecular complexity index is 1460. The van der Waals surface area contributed by atoms with Crippen LogP contribution in [0.4, 0.5) is 5.69 Å². The molecule has 0 aliphatic heterocycles. The first-order chi connectivity index (χ1) is 20.5. The third kappa shape index (κ3) is 8.33. The van der Waals surface area contributed by atoms with E-state index in [1.165, 1.54) is 6.08 Å². The zero-order chi connectivity index (χ0) is 29.7. The predicted molar refractivity (Wildman–Crippen MR) is 170 cm³/mol. The summed E-state index contributed by atoms with van der Waals surface area (Å²) in [5.74, 6) is 1.32. The zero-order valence-electron chi connectivity index (χ0n) is 25.1. The molecule has 1 heterocycles. The topological polar surface area (TPSA) is 74.6 Å². The Hall–Kier alpha value is -4.36. The molecule has 0 aliphatic carbocycles. The molecule has 7 nitrogen and oxygen atoms in total. The van der Waals surface area contributed by atoms with Crippen LogP contribution in [0.1, 0.15) is 44.2 Å². The molecule has 0 saturated carbocycles. The van der Waals surface area contributed by atoms with Crippen molar-refractivity contribution < 1.29 is 19.0 Å². The molecule has 4 rings (SSSR count). The molecule has 0 bridgehead atoms. The Morgan fingerprint density at radius 3 is 2.40 bits per heavy atom. The molecule has 1 N–H and O–H groups in total. The van der Waals surface area contributed by atoms with Crippen molar-refractivity contribution in [3.63, 3.8) is 0 Å². The van der Waals surface area contributed by atoms with Crippen molar-refractivity contribution in [2.24, 2.45) is 0 Å². The molecule has 7 heteroatoms. The molecule has 0 radical (unpaired) electrons. The molecule has 1 amide bonds. The highest BCUT2D eigenvalue weighted by Gasteiger charge is 2.10. The van der Waals surface area contributed by atoms with E-state index >= 15 is 0 Å². The summed E-state index contributed by atoms with van der Waals surface area (Å²) in [6.07, 6.45) is 10.3. The summed E-state index contributed by atoms with van der Waals surface area (Å²) >= 11 is 0. The normalized spacial score (nSPS) is 11.1. The van der Waals surface area contributed by atoms with Gasteiger partial charge in [-0.15, -0.1) is 0 Å². The molecule has 4 aromatic rings. The number of methoxy groups -OCH3 is 1. The molecule has 3 aromatic carbocycles. The van der Waals surface area contributed by atoms with E-state index in [-0.39, 0.29) is 5.91 Å².